The molecule has 1 aromatic rings. The van der Waals surface area contributed by atoms with Crippen molar-refractivity contribution in [3.05, 3.63) is 29.3 Å². The van der Waals surface area contributed by atoms with Crippen LogP contribution in [0, 0.1) is 12.8 Å². The molecule has 0 atom stereocenters. The second-order valence-electron chi connectivity index (χ2n) is 6.16. The van der Waals surface area contributed by atoms with E-state index in [1.807, 2.05) is 13.0 Å². The van der Waals surface area contributed by atoms with Crippen molar-refractivity contribution < 1.29 is 8.42 Å². The van der Waals surface area contributed by atoms with Crippen molar-refractivity contribution >= 4 is 10.0 Å². The van der Waals surface area contributed by atoms with Crippen LogP contribution in [0.1, 0.15) is 45.2 Å². The van der Waals surface area contributed by atoms with Crippen LogP contribution in [0.3, 0.4) is 0 Å². The lowest BCUT2D eigenvalue weighted by Gasteiger charge is -2.15. The Morgan fingerprint density at radius 1 is 1.14 bits per heavy atom. The van der Waals surface area contributed by atoms with Gasteiger partial charge in [-0.1, -0.05) is 39.8 Å². The van der Waals surface area contributed by atoms with Crippen LogP contribution in [0.25, 0.3) is 0 Å². The molecule has 0 saturated heterocycles. The first-order chi connectivity index (χ1) is 9.74. The Morgan fingerprint density at radius 2 is 1.81 bits per heavy atom. The van der Waals surface area contributed by atoms with Gasteiger partial charge >= 0.3 is 0 Å². The summed E-state index contributed by atoms with van der Waals surface area (Å²) < 4.78 is 27.5. The van der Waals surface area contributed by atoms with Gasteiger partial charge in [0.05, 0.1) is 4.90 Å². The second-order valence-corrected chi connectivity index (χ2v) is 7.89. The third-order valence-electron chi connectivity index (χ3n) is 3.40. The van der Waals surface area contributed by atoms with Gasteiger partial charge < -0.3 is 5.32 Å². The molecule has 4 nitrogen and oxygen atoms in total. The van der Waals surface area contributed by atoms with E-state index in [0.717, 1.165) is 17.5 Å². The van der Waals surface area contributed by atoms with Gasteiger partial charge in [-0.15, -0.1) is 0 Å². The maximum Gasteiger partial charge on any atom is 0.240 e. The minimum Gasteiger partial charge on any atom is -0.310 e. The van der Waals surface area contributed by atoms with E-state index in [-0.39, 0.29) is 0 Å². The summed E-state index contributed by atoms with van der Waals surface area (Å²) in [5.41, 5.74) is 1.85. The van der Waals surface area contributed by atoms with Gasteiger partial charge in [0, 0.05) is 19.1 Å². The Hall–Kier alpha value is -0.910. The molecule has 0 bridgehead atoms. The van der Waals surface area contributed by atoms with Crippen molar-refractivity contribution in [1.29, 1.82) is 0 Å². The summed E-state index contributed by atoms with van der Waals surface area (Å²) in [6.45, 7) is 11.3. The van der Waals surface area contributed by atoms with Gasteiger partial charge in [-0.3, -0.25) is 0 Å². The molecule has 5 heteroatoms. The van der Waals surface area contributed by atoms with Crippen LogP contribution in [0.5, 0.6) is 0 Å². The van der Waals surface area contributed by atoms with E-state index in [1.54, 1.807) is 12.1 Å². The summed E-state index contributed by atoms with van der Waals surface area (Å²) >= 11 is 0. The summed E-state index contributed by atoms with van der Waals surface area (Å²) in [4.78, 5) is 0.384. The average molecular weight is 312 g/mol. The minimum atomic E-state index is -3.43. The second kappa shape index (κ2) is 7.92. The van der Waals surface area contributed by atoms with Crippen LogP contribution in [0.15, 0.2) is 23.1 Å². The molecule has 0 unspecified atom stereocenters. The Morgan fingerprint density at radius 3 is 2.38 bits per heavy atom. The lowest BCUT2D eigenvalue weighted by Crippen LogP contribution is -2.27. The van der Waals surface area contributed by atoms with Gasteiger partial charge in [-0.05, 0) is 36.5 Å². The Bertz CT molecular complexity index is 551. The zero-order chi connectivity index (χ0) is 16.0. The quantitative estimate of drug-likeness (QED) is 0.776. The topological polar surface area (TPSA) is 58.2 Å². The highest BCUT2D eigenvalue weighted by Crippen LogP contribution is 2.19. The fraction of sp³-hybridized carbons (Fsp3) is 0.625. The van der Waals surface area contributed by atoms with Crippen LogP contribution < -0.4 is 10.0 Å². The molecule has 0 aliphatic rings. The molecular weight excluding hydrogens is 284 g/mol. The van der Waals surface area contributed by atoms with Crippen LogP contribution in [0.2, 0.25) is 0 Å². The van der Waals surface area contributed by atoms with Gasteiger partial charge in [0.2, 0.25) is 10.0 Å². The summed E-state index contributed by atoms with van der Waals surface area (Å²) in [7, 11) is -3.43. The molecule has 0 fully saturated rings. The van der Waals surface area contributed by atoms with Crippen molar-refractivity contribution in [2.24, 2.45) is 5.92 Å². The van der Waals surface area contributed by atoms with Gasteiger partial charge in [0.25, 0.3) is 0 Å². The zero-order valence-electron chi connectivity index (χ0n) is 13.7. The number of rotatable bonds is 8. The maximum atomic E-state index is 12.4. The lowest BCUT2D eigenvalue weighted by atomic mass is 10.1. The highest BCUT2D eigenvalue weighted by Gasteiger charge is 2.18. The summed E-state index contributed by atoms with van der Waals surface area (Å²) in [5.74, 6) is 0.482. The Balaban J connectivity index is 2.89. The first kappa shape index (κ1) is 18.1. The molecule has 2 N–H and O–H groups in total. The summed E-state index contributed by atoms with van der Waals surface area (Å²) in [6, 6.07) is 5.82. The first-order valence-electron chi connectivity index (χ1n) is 7.55. The van der Waals surface area contributed by atoms with E-state index in [1.165, 1.54) is 0 Å². The van der Waals surface area contributed by atoms with Crippen LogP contribution in [-0.4, -0.2) is 21.0 Å². The Labute approximate surface area is 129 Å². The summed E-state index contributed by atoms with van der Waals surface area (Å²) in [5, 5.41) is 3.32. The minimum absolute atomic E-state index is 0.369. The van der Waals surface area contributed by atoms with E-state index in [0.29, 0.717) is 29.9 Å². The number of hydrogen-bond acceptors (Lipinski definition) is 3. The fourth-order valence-electron chi connectivity index (χ4n) is 2.02. The van der Waals surface area contributed by atoms with E-state index < -0.39 is 10.0 Å². The number of benzene rings is 1. The molecule has 0 heterocycles. The normalized spacial score (nSPS) is 12.3. The molecule has 0 spiro atoms. The van der Waals surface area contributed by atoms with Crippen molar-refractivity contribution in [2.75, 3.05) is 6.54 Å². The number of sulfonamides is 1. The largest absolute Gasteiger partial charge is 0.310 e. The van der Waals surface area contributed by atoms with Crippen LogP contribution in [0.4, 0.5) is 0 Å². The van der Waals surface area contributed by atoms with Crippen molar-refractivity contribution in [2.45, 2.75) is 58.5 Å². The van der Waals surface area contributed by atoms with E-state index in [4.69, 9.17) is 0 Å². The Kier molecular flexibility index (Phi) is 6.84. The predicted octanol–water partition coefficient (Wildman–Crippen LogP) is 2.82. The molecular formula is C16H28N2O2S. The zero-order valence-corrected chi connectivity index (χ0v) is 14.5. The van der Waals surface area contributed by atoms with E-state index in [2.05, 4.69) is 37.7 Å². The fourth-order valence-corrected chi connectivity index (χ4v) is 3.35. The molecule has 1 aromatic carbocycles. The van der Waals surface area contributed by atoms with Crippen molar-refractivity contribution in [1.82, 2.24) is 10.0 Å². The third-order valence-corrected chi connectivity index (χ3v) is 5.01. The maximum absolute atomic E-state index is 12.4. The van der Waals surface area contributed by atoms with Crippen LogP contribution >= 0.6 is 0 Å². The van der Waals surface area contributed by atoms with Crippen molar-refractivity contribution in [3.63, 3.8) is 0 Å². The first-order valence-corrected chi connectivity index (χ1v) is 9.04. The van der Waals surface area contributed by atoms with Gasteiger partial charge in [-0.25, -0.2) is 13.1 Å². The smallest absolute Gasteiger partial charge is 0.240 e. The summed E-state index contributed by atoms with van der Waals surface area (Å²) in [6.07, 6.45) is 0.840. The molecule has 1 rings (SSSR count). The average Bonchev–Trinajstić information content (AvgIpc) is 2.36. The lowest BCUT2D eigenvalue weighted by molar-refractivity contribution is 0.550. The van der Waals surface area contributed by atoms with E-state index in [9.17, 15) is 8.42 Å². The number of nitrogens with one attached hydrogen (secondary N) is 2. The predicted molar refractivity (Wildman–Crippen MR) is 87.8 cm³/mol. The number of hydrogen-bond donors (Lipinski definition) is 2. The molecule has 0 aliphatic heterocycles. The highest BCUT2D eigenvalue weighted by atomic mass is 32.2. The molecule has 0 radical (unpaired) electrons. The van der Waals surface area contributed by atoms with Crippen molar-refractivity contribution in [3.8, 4) is 0 Å². The van der Waals surface area contributed by atoms with Gasteiger partial charge in [0.15, 0.2) is 0 Å². The van der Waals surface area contributed by atoms with Crippen LogP contribution in [-0.2, 0) is 16.6 Å². The molecule has 0 aromatic heterocycles. The molecule has 120 valence electrons. The molecule has 0 amide bonds. The molecule has 0 saturated carbocycles. The van der Waals surface area contributed by atoms with Gasteiger partial charge in [0.1, 0.15) is 0 Å². The SMILES string of the molecule is Cc1c(CNC(C)C)cccc1S(=O)(=O)NCCC(C)C. The third kappa shape index (κ3) is 5.77. The monoisotopic (exact) mass is 312 g/mol. The van der Waals surface area contributed by atoms with E-state index >= 15 is 0 Å². The molecule has 21 heavy (non-hydrogen) atoms. The van der Waals surface area contributed by atoms with Gasteiger partial charge in [-0.2, -0.15) is 0 Å². The molecule has 0 aliphatic carbocycles. The standard InChI is InChI=1S/C16H28N2O2S/c1-12(2)9-10-18-21(19,20)16-8-6-7-15(14(16)5)11-17-13(3)4/h6-8,12-13,17-18H,9-11H2,1-5H3. The highest BCUT2D eigenvalue weighted by molar-refractivity contribution is 7.89.